The zero-order valence-electron chi connectivity index (χ0n) is 16.5. The second-order valence-electron chi connectivity index (χ2n) is 6.91. The van der Waals surface area contributed by atoms with Crippen molar-refractivity contribution in [2.45, 2.75) is 32.7 Å². The van der Waals surface area contributed by atoms with E-state index in [0.717, 1.165) is 4.90 Å². The number of urea groups is 1. The Hall–Kier alpha value is -3.43. The third-order valence-corrected chi connectivity index (χ3v) is 4.09. The Morgan fingerprint density at radius 2 is 1.93 bits per heavy atom. The first-order valence-corrected chi connectivity index (χ1v) is 9.12. The minimum absolute atomic E-state index is 0.136. The van der Waals surface area contributed by atoms with Crippen LogP contribution in [0.5, 0.6) is 0 Å². The van der Waals surface area contributed by atoms with Crippen LogP contribution in [0.2, 0.25) is 0 Å². The summed E-state index contributed by atoms with van der Waals surface area (Å²) >= 11 is 0. The summed E-state index contributed by atoms with van der Waals surface area (Å²) in [5, 5.41) is 7.69. The molecule has 0 aromatic heterocycles. The Bertz CT molecular complexity index is 836. The van der Waals surface area contributed by atoms with Crippen molar-refractivity contribution in [1.82, 2.24) is 15.5 Å². The van der Waals surface area contributed by atoms with Crippen molar-refractivity contribution in [2.24, 2.45) is 0 Å². The molecule has 5 amide bonds. The van der Waals surface area contributed by atoms with E-state index in [4.69, 9.17) is 4.74 Å². The maximum Gasteiger partial charge on any atom is 0.325 e. The van der Waals surface area contributed by atoms with E-state index < -0.39 is 36.0 Å². The predicted molar refractivity (Wildman–Crippen MR) is 103 cm³/mol. The van der Waals surface area contributed by atoms with Crippen molar-refractivity contribution in [1.29, 1.82) is 0 Å². The molecule has 0 radical (unpaired) electrons. The molecule has 1 aromatic rings. The summed E-state index contributed by atoms with van der Waals surface area (Å²) in [6.07, 6.45) is -0.227. The van der Waals surface area contributed by atoms with Gasteiger partial charge in [-0.05, 0) is 39.0 Å². The van der Waals surface area contributed by atoms with Crippen molar-refractivity contribution in [3.05, 3.63) is 29.8 Å². The molecule has 0 bridgehead atoms. The van der Waals surface area contributed by atoms with Gasteiger partial charge in [0.25, 0.3) is 17.7 Å². The maximum absolute atomic E-state index is 12.0. The van der Waals surface area contributed by atoms with E-state index in [-0.39, 0.29) is 18.9 Å². The van der Waals surface area contributed by atoms with Crippen molar-refractivity contribution < 1.29 is 28.7 Å². The summed E-state index contributed by atoms with van der Waals surface area (Å²) in [6, 6.07) is 5.76. The van der Waals surface area contributed by atoms with Gasteiger partial charge in [-0.25, -0.2) is 4.79 Å². The van der Waals surface area contributed by atoms with Crippen molar-refractivity contribution in [3.8, 4) is 0 Å². The monoisotopic (exact) mass is 404 g/mol. The van der Waals surface area contributed by atoms with E-state index in [1.165, 1.54) is 6.07 Å². The first-order valence-electron chi connectivity index (χ1n) is 9.12. The van der Waals surface area contributed by atoms with Gasteiger partial charge < -0.3 is 20.7 Å². The van der Waals surface area contributed by atoms with Gasteiger partial charge in [-0.2, -0.15) is 0 Å². The summed E-state index contributed by atoms with van der Waals surface area (Å²) in [5.41, 5.74) is -0.238. The molecular weight excluding hydrogens is 380 g/mol. The number of benzene rings is 1. The van der Waals surface area contributed by atoms with Crippen molar-refractivity contribution >= 4 is 35.4 Å². The topological polar surface area (TPSA) is 134 Å². The van der Waals surface area contributed by atoms with Crippen molar-refractivity contribution in [3.63, 3.8) is 0 Å². The molecule has 1 fully saturated rings. The maximum atomic E-state index is 12.0. The second-order valence-corrected chi connectivity index (χ2v) is 6.91. The molecule has 3 N–H and O–H groups in total. The SMILES string of the molecule is CCNC(=O)c1cccc(NC(=O)COC(=O)CCN2C(=O)NC(C)(C)C2=O)c1. The number of rotatable bonds is 8. The molecule has 0 atom stereocenters. The first kappa shape index (κ1) is 21.9. The average molecular weight is 404 g/mol. The largest absolute Gasteiger partial charge is 0.456 e. The number of hydrogen-bond acceptors (Lipinski definition) is 6. The molecule has 10 heteroatoms. The van der Waals surface area contributed by atoms with Gasteiger partial charge in [0.05, 0.1) is 6.42 Å². The quantitative estimate of drug-likeness (QED) is 0.430. The molecule has 1 aromatic carbocycles. The number of hydrogen-bond donors (Lipinski definition) is 3. The van der Waals surface area contributed by atoms with E-state index in [2.05, 4.69) is 16.0 Å². The highest BCUT2D eigenvalue weighted by Crippen LogP contribution is 2.16. The van der Waals surface area contributed by atoms with Crippen LogP contribution in [-0.4, -0.2) is 59.9 Å². The van der Waals surface area contributed by atoms with Crippen LogP contribution in [0.4, 0.5) is 10.5 Å². The Morgan fingerprint density at radius 3 is 2.55 bits per heavy atom. The van der Waals surface area contributed by atoms with Crippen LogP contribution in [0.3, 0.4) is 0 Å². The molecule has 1 aliphatic rings. The number of esters is 1. The molecule has 1 heterocycles. The van der Waals surface area contributed by atoms with Gasteiger partial charge in [0.15, 0.2) is 6.61 Å². The number of anilines is 1. The number of ether oxygens (including phenoxy) is 1. The number of amides is 5. The number of carbonyl (C=O) groups excluding carboxylic acids is 5. The zero-order valence-corrected chi connectivity index (χ0v) is 16.5. The Labute approximate surface area is 168 Å². The molecule has 1 saturated heterocycles. The van der Waals surface area contributed by atoms with Crippen LogP contribution in [0, 0.1) is 0 Å². The molecule has 0 saturated carbocycles. The minimum Gasteiger partial charge on any atom is -0.456 e. The fourth-order valence-corrected chi connectivity index (χ4v) is 2.64. The highest BCUT2D eigenvalue weighted by Gasteiger charge is 2.44. The molecule has 2 rings (SSSR count). The smallest absolute Gasteiger partial charge is 0.325 e. The normalized spacial score (nSPS) is 14.9. The van der Waals surface area contributed by atoms with Gasteiger partial charge in [0.1, 0.15) is 5.54 Å². The minimum atomic E-state index is -1.01. The summed E-state index contributed by atoms with van der Waals surface area (Å²) in [4.78, 5) is 60.3. The lowest BCUT2D eigenvalue weighted by atomic mass is 10.1. The van der Waals surface area contributed by atoms with Crippen LogP contribution in [0.25, 0.3) is 0 Å². The lowest BCUT2D eigenvalue weighted by molar-refractivity contribution is -0.147. The Morgan fingerprint density at radius 1 is 1.21 bits per heavy atom. The third kappa shape index (κ3) is 5.77. The molecule has 0 unspecified atom stereocenters. The van der Waals surface area contributed by atoms with E-state index in [1.807, 2.05) is 0 Å². The van der Waals surface area contributed by atoms with Crippen molar-refractivity contribution in [2.75, 3.05) is 25.0 Å². The molecule has 29 heavy (non-hydrogen) atoms. The molecular formula is C19H24N4O6. The van der Waals surface area contributed by atoms with E-state index in [9.17, 15) is 24.0 Å². The highest BCUT2D eigenvalue weighted by atomic mass is 16.5. The van der Waals surface area contributed by atoms with Gasteiger partial charge >= 0.3 is 12.0 Å². The third-order valence-electron chi connectivity index (χ3n) is 4.09. The summed E-state index contributed by atoms with van der Waals surface area (Å²) < 4.78 is 4.87. The second kappa shape index (κ2) is 9.18. The summed E-state index contributed by atoms with van der Waals surface area (Å²) in [5.74, 6) is -2.00. The molecule has 0 spiro atoms. The van der Waals surface area contributed by atoms with E-state index >= 15 is 0 Å². The number of carbonyl (C=O) groups is 5. The molecule has 0 aliphatic carbocycles. The molecule has 156 valence electrons. The summed E-state index contributed by atoms with van der Waals surface area (Å²) in [6.45, 7) is 4.74. The number of nitrogens with zero attached hydrogens (tertiary/aromatic N) is 1. The lowest BCUT2D eigenvalue weighted by Crippen LogP contribution is -2.40. The van der Waals surface area contributed by atoms with Crippen LogP contribution in [0.1, 0.15) is 37.6 Å². The average Bonchev–Trinajstić information content (AvgIpc) is 2.85. The fourth-order valence-electron chi connectivity index (χ4n) is 2.64. The Balaban J connectivity index is 1.79. The molecule has 10 nitrogen and oxygen atoms in total. The van der Waals surface area contributed by atoms with E-state index in [0.29, 0.717) is 17.8 Å². The van der Waals surface area contributed by atoms with Gasteiger partial charge in [-0.3, -0.25) is 24.1 Å². The van der Waals surface area contributed by atoms with Gasteiger partial charge in [0, 0.05) is 24.3 Å². The number of nitrogens with one attached hydrogen (secondary N) is 3. The summed E-state index contributed by atoms with van der Waals surface area (Å²) in [7, 11) is 0. The van der Waals surface area contributed by atoms with Crippen LogP contribution < -0.4 is 16.0 Å². The lowest BCUT2D eigenvalue weighted by Gasteiger charge is -2.15. The number of imide groups is 1. The fraction of sp³-hybridized carbons (Fsp3) is 0.421. The Kier molecular flexibility index (Phi) is 6.92. The van der Waals surface area contributed by atoms with E-state index in [1.54, 1.807) is 39.0 Å². The zero-order chi connectivity index (χ0) is 21.6. The van der Waals surface area contributed by atoms with Crippen LogP contribution in [-0.2, 0) is 19.1 Å². The predicted octanol–water partition coefficient (Wildman–Crippen LogP) is 0.639. The van der Waals surface area contributed by atoms with Crippen LogP contribution >= 0.6 is 0 Å². The standard InChI is InChI=1S/C19H24N4O6/c1-4-20-16(26)12-6-5-7-13(10-12)21-14(24)11-29-15(25)8-9-23-17(27)19(2,3)22-18(23)28/h5-7,10H,4,8-9,11H2,1-3H3,(H,20,26)(H,21,24)(H,22,28). The van der Waals surface area contributed by atoms with Gasteiger partial charge in [-0.15, -0.1) is 0 Å². The highest BCUT2D eigenvalue weighted by molar-refractivity contribution is 6.06. The molecule has 1 aliphatic heterocycles. The first-order chi connectivity index (χ1) is 13.6. The van der Waals surface area contributed by atoms with Gasteiger partial charge in [0.2, 0.25) is 0 Å². The van der Waals surface area contributed by atoms with Crippen LogP contribution in [0.15, 0.2) is 24.3 Å². The van der Waals surface area contributed by atoms with Gasteiger partial charge in [-0.1, -0.05) is 6.07 Å².